The molecular formula is C23H24N4O3. The number of carbonyl (C=O) groups excluding carboxylic acids is 1. The highest BCUT2D eigenvalue weighted by Crippen LogP contribution is 2.17. The van der Waals surface area contributed by atoms with Gasteiger partial charge in [0.15, 0.2) is 0 Å². The van der Waals surface area contributed by atoms with Crippen LogP contribution in [0.1, 0.15) is 22.5 Å². The number of methoxy groups -OCH3 is 1. The van der Waals surface area contributed by atoms with Crippen LogP contribution in [0.3, 0.4) is 0 Å². The van der Waals surface area contributed by atoms with Crippen LogP contribution in [-0.4, -0.2) is 40.1 Å². The van der Waals surface area contributed by atoms with E-state index in [1.165, 1.54) is 4.40 Å². The van der Waals surface area contributed by atoms with Crippen molar-refractivity contribution in [1.29, 1.82) is 0 Å². The zero-order valence-electron chi connectivity index (χ0n) is 16.9. The minimum absolute atomic E-state index is 0.181. The zero-order chi connectivity index (χ0) is 20.9. The van der Waals surface area contributed by atoms with Crippen LogP contribution >= 0.6 is 0 Å². The predicted octanol–water partition coefficient (Wildman–Crippen LogP) is 2.66. The van der Waals surface area contributed by atoms with Crippen LogP contribution in [-0.2, 0) is 17.7 Å². The van der Waals surface area contributed by atoms with Crippen molar-refractivity contribution in [3.8, 4) is 0 Å². The van der Waals surface area contributed by atoms with Crippen LogP contribution in [0.2, 0.25) is 0 Å². The van der Waals surface area contributed by atoms with E-state index in [1.807, 2.05) is 41.0 Å². The fourth-order valence-corrected chi connectivity index (χ4v) is 3.59. The summed E-state index contributed by atoms with van der Waals surface area (Å²) in [5.41, 5.74) is 2.49. The molecule has 4 aromatic rings. The second-order valence-electron chi connectivity index (χ2n) is 7.10. The van der Waals surface area contributed by atoms with E-state index in [1.54, 1.807) is 31.5 Å². The van der Waals surface area contributed by atoms with Crippen molar-refractivity contribution in [2.24, 2.45) is 0 Å². The molecule has 3 heterocycles. The molecule has 0 radical (unpaired) electrons. The van der Waals surface area contributed by atoms with E-state index in [2.05, 4.69) is 10.3 Å². The number of amides is 1. The Morgan fingerprint density at radius 2 is 1.93 bits per heavy atom. The number of benzene rings is 1. The Kier molecular flexibility index (Phi) is 5.90. The third-order valence-corrected chi connectivity index (χ3v) is 5.08. The first-order valence-electron chi connectivity index (χ1n) is 10.0. The molecule has 0 aliphatic carbocycles. The molecule has 7 nitrogen and oxygen atoms in total. The van der Waals surface area contributed by atoms with Crippen LogP contribution in [0.5, 0.6) is 0 Å². The van der Waals surface area contributed by atoms with Crippen LogP contribution in [0.25, 0.3) is 16.7 Å². The van der Waals surface area contributed by atoms with Gasteiger partial charge in [0.2, 0.25) is 0 Å². The molecule has 0 fully saturated rings. The van der Waals surface area contributed by atoms with Crippen molar-refractivity contribution in [2.75, 3.05) is 20.3 Å². The Hall–Kier alpha value is -3.45. The van der Waals surface area contributed by atoms with Crippen LogP contribution in [0.15, 0.2) is 65.6 Å². The Bertz CT molecular complexity index is 1230. The quantitative estimate of drug-likeness (QED) is 0.458. The van der Waals surface area contributed by atoms with Crippen molar-refractivity contribution in [2.45, 2.75) is 19.4 Å². The summed E-state index contributed by atoms with van der Waals surface area (Å²) >= 11 is 0. The molecule has 30 heavy (non-hydrogen) atoms. The molecular weight excluding hydrogens is 380 g/mol. The molecule has 0 saturated carbocycles. The van der Waals surface area contributed by atoms with Gasteiger partial charge in [0.05, 0.1) is 5.39 Å². The molecule has 4 rings (SSSR count). The average molecular weight is 404 g/mol. The van der Waals surface area contributed by atoms with Gasteiger partial charge < -0.3 is 14.6 Å². The number of carbonyl (C=O) groups is 1. The normalized spacial score (nSPS) is 11.2. The Morgan fingerprint density at radius 1 is 1.13 bits per heavy atom. The standard InChI is InChI=1S/C23H24N4O3/c1-30-15-7-14-26-19(22(28)24-12-11-17-8-3-2-4-9-17)16-18-21(26)25-20-10-5-6-13-27(20)23(18)29/h2-6,8-10,13,16H,7,11-12,14-15H2,1H3,(H,24,28). The molecule has 0 spiro atoms. The minimum atomic E-state index is -0.213. The lowest BCUT2D eigenvalue weighted by molar-refractivity contribution is 0.0944. The summed E-state index contributed by atoms with van der Waals surface area (Å²) < 4.78 is 8.48. The summed E-state index contributed by atoms with van der Waals surface area (Å²) in [7, 11) is 1.64. The van der Waals surface area contributed by atoms with Crippen LogP contribution in [0.4, 0.5) is 0 Å². The number of rotatable bonds is 8. The van der Waals surface area contributed by atoms with Gasteiger partial charge in [-0.2, -0.15) is 0 Å². The molecule has 0 unspecified atom stereocenters. The molecule has 3 aromatic heterocycles. The van der Waals surface area contributed by atoms with Crippen molar-refractivity contribution in [1.82, 2.24) is 19.3 Å². The lowest BCUT2D eigenvalue weighted by atomic mass is 10.1. The third-order valence-electron chi connectivity index (χ3n) is 5.08. The number of hydrogen-bond donors (Lipinski definition) is 1. The first-order chi connectivity index (χ1) is 14.7. The van der Waals surface area contributed by atoms with Gasteiger partial charge in [-0.3, -0.25) is 14.0 Å². The zero-order valence-corrected chi connectivity index (χ0v) is 16.9. The lowest BCUT2D eigenvalue weighted by Crippen LogP contribution is -2.28. The molecule has 1 N–H and O–H groups in total. The SMILES string of the molecule is COCCCn1c(C(=O)NCCc2ccccc2)cc2c(=O)n3ccccc3nc21. The van der Waals surface area contributed by atoms with E-state index in [9.17, 15) is 9.59 Å². The first kappa shape index (κ1) is 19.8. The predicted molar refractivity (Wildman–Crippen MR) is 116 cm³/mol. The molecule has 0 aliphatic heterocycles. The first-order valence-corrected chi connectivity index (χ1v) is 10.0. The number of pyridine rings is 1. The van der Waals surface area contributed by atoms with Crippen molar-refractivity contribution in [3.63, 3.8) is 0 Å². The van der Waals surface area contributed by atoms with Gasteiger partial charge in [0.1, 0.15) is 17.0 Å². The lowest BCUT2D eigenvalue weighted by Gasteiger charge is -2.11. The molecule has 0 atom stereocenters. The van der Waals surface area contributed by atoms with Gasteiger partial charge in [-0.15, -0.1) is 0 Å². The molecule has 0 aliphatic rings. The summed E-state index contributed by atoms with van der Waals surface area (Å²) in [5.74, 6) is -0.213. The molecule has 0 saturated heterocycles. The minimum Gasteiger partial charge on any atom is -0.385 e. The Morgan fingerprint density at radius 3 is 2.73 bits per heavy atom. The van der Waals surface area contributed by atoms with Crippen LogP contribution < -0.4 is 10.9 Å². The maximum Gasteiger partial charge on any atom is 0.268 e. The number of hydrogen-bond acceptors (Lipinski definition) is 4. The highest BCUT2D eigenvalue weighted by Gasteiger charge is 2.19. The molecule has 7 heteroatoms. The molecule has 154 valence electrons. The van der Waals surface area contributed by atoms with E-state index in [0.717, 1.165) is 12.0 Å². The topological polar surface area (TPSA) is 77.6 Å². The van der Waals surface area contributed by atoms with Crippen LogP contribution in [0, 0.1) is 0 Å². The van der Waals surface area contributed by atoms with E-state index >= 15 is 0 Å². The number of ether oxygens (including phenoxy) is 1. The summed E-state index contributed by atoms with van der Waals surface area (Å²) in [6, 6.07) is 17.0. The van der Waals surface area contributed by atoms with Crippen molar-refractivity contribution in [3.05, 3.63) is 82.4 Å². The number of nitrogens with one attached hydrogen (secondary N) is 1. The maximum absolute atomic E-state index is 13.0. The summed E-state index contributed by atoms with van der Waals surface area (Å²) in [5, 5.41) is 3.41. The number of nitrogens with zero attached hydrogens (tertiary/aromatic N) is 3. The van der Waals surface area contributed by atoms with Gasteiger partial charge in [-0.05, 0) is 36.6 Å². The van der Waals surface area contributed by atoms with Gasteiger partial charge in [0, 0.05) is 33.0 Å². The Labute approximate surface area is 173 Å². The third kappa shape index (κ3) is 3.97. The highest BCUT2D eigenvalue weighted by atomic mass is 16.5. The number of aryl methyl sites for hydroxylation is 1. The second kappa shape index (κ2) is 8.92. The summed E-state index contributed by atoms with van der Waals surface area (Å²) in [4.78, 5) is 30.6. The van der Waals surface area contributed by atoms with E-state index in [-0.39, 0.29) is 11.5 Å². The average Bonchev–Trinajstić information content (AvgIpc) is 3.14. The fourth-order valence-electron chi connectivity index (χ4n) is 3.59. The smallest absolute Gasteiger partial charge is 0.268 e. The molecule has 0 bridgehead atoms. The van der Waals surface area contributed by atoms with Gasteiger partial charge in [-0.1, -0.05) is 36.4 Å². The molecule has 1 amide bonds. The highest BCUT2D eigenvalue weighted by molar-refractivity contribution is 5.98. The Balaban J connectivity index is 1.67. The fraction of sp³-hybridized carbons (Fsp3) is 0.261. The van der Waals surface area contributed by atoms with E-state index in [0.29, 0.717) is 48.5 Å². The van der Waals surface area contributed by atoms with Crippen molar-refractivity contribution < 1.29 is 9.53 Å². The maximum atomic E-state index is 13.0. The summed E-state index contributed by atoms with van der Waals surface area (Å²) in [6.07, 6.45) is 3.13. The van der Waals surface area contributed by atoms with Crippen molar-refractivity contribution >= 4 is 22.6 Å². The second-order valence-corrected chi connectivity index (χ2v) is 7.10. The van der Waals surface area contributed by atoms with E-state index < -0.39 is 0 Å². The number of fused-ring (bicyclic) bond motifs is 2. The largest absolute Gasteiger partial charge is 0.385 e. The van der Waals surface area contributed by atoms with Gasteiger partial charge in [0.25, 0.3) is 11.5 Å². The monoisotopic (exact) mass is 404 g/mol. The molecule has 1 aromatic carbocycles. The van der Waals surface area contributed by atoms with Gasteiger partial charge >= 0.3 is 0 Å². The van der Waals surface area contributed by atoms with Gasteiger partial charge in [-0.25, -0.2) is 4.98 Å². The summed E-state index contributed by atoms with van der Waals surface area (Å²) in [6.45, 7) is 1.60. The van der Waals surface area contributed by atoms with E-state index in [4.69, 9.17) is 4.74 Å². The number of aromatic nitrogens is 3.